The second kappa shape index (κ2) is 6.56. The van der Waals surface area contributed by atoms with Crippen molar-refractivity contribution in [1.29, 1.82) is 0 Å². The van der Waals surface area contributed by atoms with E-state index in [0.717, 1.165) is 34.8 Å². The second-order valence-corrected chi connectivity index (χ2v) is 5.93. The second-order valence-electron chi connectivity index (χ2n) is 5.07. The van der Waals surface area contributed by atoms with Crippen molar-refractivity contribution in [2.75, 3.05) is 27.7 Å². The molecule has 1 atom stereocenters. The van der Waals surface area contributed by atoms with Crippen LogP contribution in [-0.4, -0.2) is 42.4 Å². The van der Waals surface area contributed by atoms with Crippen LogP contribution in [0.25, 0.3) is 0 Å². The zero-order valence-corrected chi connectivity index (χ0v) is 13.9. The summed E-state index contributed by atoms with van der Waals surface area (Å²) in [6.45, 7) is 3.73. The SMILES string of the molecule is CNC(c1ccc(C)o1)c1c(Br)cnn1CCN(C)C. The topological polar surface area (TPSA) is 46.2 Å². The lowest BCUT2D eigenvalue weighted by Gasteiger charge is -2.18. The summed E-state index contributed by atoms with van der Waals surface area (Å²) in [5.41, 5.74) is 1.09. The highest BCUT2D eigenvalue weighted by Gasteiger charge is 2.23. The van der Waals surface area contributed by atoms with Gasteiger partial charge in [0.2, 0.25) is 0 Å². The van der Waals surface area contributed by atoms with E-state index in [1.165, 1.54) is 0 Å². The molecule has 0 saturated carbocycles. The van der Waals surface area contributed by atoms with Crippen LogP contribution in [0.2, 0.25) is 0 Å². The molecule has 2 aromatic rings. The Morgan fingerprint density at radius 1 is 1.45 bits per heavy atom. The van der Waals surface area contributed by atoms with E-state index >= 15 is 0 Å². The molecule has 20 heavy (non-hydrogen) atoms. The molecular formula is C14H21BrN4O. The van der Waals surface area contributed by atoms with Crippen molar-refractivity contribution in [1.82, 2.24) is 20.0 Å². The van der Waals surface area contributed by atoms with Crippen LogP contribution >= 0.6 is 15.9 Å². The Hall–Kier alpha value is -1.11. The van der Waals surface area contributed by atoms with Gasteiger partial charge in [-0.2, -0.15) is 5.10 Å². The fraction of sp³-hybridized carbons (Fsp3) is 0.500. The van der Waals surface area contributed by atoms with E-state index in [9.17, 15) is 0 Å². The van der Waals surface area contributed by atoms with Crippen molar-refractivity contribution in [3.05, 3.63) is 40.0 Å². The molecule has 2 aromatic heterocycles. The van der Waals surface area contributed by atoms with Crippen LogP contribution in [0.1, 0.15) is 23.3 Å². The maximum absolute atomic E-state index is 5.76. The standard InChI is InChI=1S/C14H21BrN4O/c1-10-5-6-12(20-10)13(16-2)14-11(15)9-17-19(14)8-7-18(3)4/h5-6,9,13,16H,7-8H2,1-4H3. The molecule has 6 heteroatoms. The van der Waals surface area contributed by atoms with Crippen LogP contribution < -0.4 is 5.32 Å². The molecule has 0 fully saturated rings. The first-order chi connectivity index (χ1) is 9.52. The van der Waals surface area contributed by atoms with Crippen molar-refractivity contribution in [3.8, 4) is 0 Å². The van der Waals surface area contributed by atoms with Gasteiger partial charge >= 0.3 is 0 Å². The van der Waals surface area contributed by atoms with E-state index in [0.29, 0.717) is 0 Å². The van der Waals surface area contributed by atoms with E-state index in [-0.39, 0.29) is 6.04 Å². The summed E-state index contributed by atoms with van der Waals surface area (Å²) in [5.74, 6) is 1.81. The Balaban J connectivity index is 2.31. The van der Waals surface area contributed by atoms with Crippen molar-refractivity contribution in [2.24, 2.45) is 0 Å². The Morgan fingerprint density at radius 2 is 2.20 bits per heavy atom. The van der Waals surface area contributed by atoms with Gasteiger partial charge in [0.15, 0.2) is 0 Å². The highest BCUT2D eigenvalue weighted by atomic mass is 79.9. The first-order valence-corrected chi connectivity index (χ1v) is 7.41. The number of aryl methyl sites for hydroxylation is 1. The predicted octanol–water partition coefficient (Wildman–Crippen LogP) is 2.42. The fourth-order valence-electron chi connectivity index (χ4n) is 2.15. The van der Waals surface area contributed by atoms with E-state index in [4.69, 9.17) is 4.42 Å². The molecule has 0 aliphatic heterocycles. The molecule has 0 saturated heterocycles. The number of hydrogen-bond acceptors (Lipinski definition) is 4. The monoisotopic (exact) mass is 340 g/mol. The molecule has 0 aromatic carbocycles. The molecule has 1 N–H and O–H groups in total. The molecule has 0 radical (unpaired) electrons. The largest absolute Gasteiger partial charge is 0.464 e. The van der Waals surface area contributed by atoms with Gasteiger partial charge in [0.25, 0.3) is 0 Å². The van der Waals surface area contributed by atoms with Crippen LogP contribution in [-0.2, 0) is 6.54 Å². The minimum atomic E-state index is -0.0114. The average Bonchev–Trinajstić information content (AvgIpc) is 2.97. The minimum Gasteiger partial charge on any atom is -0.464 e. The summed E-state index contributed by atoms with van der Waals surface area (Å²) in [7, 11) is 6.05. The molecule has 0 amide bonds. The quantitative estimate of drug-likeness (QED) is 0.877. The first kappa shape index (κ1) is 15.3. The Bertz CT molecular complexity index is 561. The lowest BCUT2D eigenvalue weighted by Crippen LogP contribution is -2.25. The Labute approximate surface area is 128 Å². The lowest BCUT2D eigenvalue weighted by atomic mass is 10.1. The number of nitrogens with one attached hydrogen (secondary N) is 1. The van der Waals surface area contributed by atoms with Crippen LogP contribution in [0.15, 0.2) is 27.2 Å². The summed E-state index contributed by atoms with van der Waals surface area (Å²) in [4.78, 5) is 2.14. The van der Waals surface area contributed by atoms with E-state index in [1.807, 2.05) is 37.0 Å². The van der Waals surface area contributed by atoms with Gasteiger partial charge in [-0.1, -0.05) is 0 Å². The maximum Gasteiger partial charge on any atom is 0.127 e. The highest BCUT2D eigenvalue weighted by Crippen LogP contribution is 2.29. The summed E-state index contributed by atoms with van der Waals surface area (Å²) < 4.78 is 8.77. The van der Waals surface area contributed by atoms with E-state index in [2.05, 4.69) is 45.3 Å². The van der Waals surface area contributed by atoms with Gasteiger partial charge in [0, 0.05) is 6.54 Å². The number of hydrogen-bond donors (Lipinski definition) is 1. The molecule has 1 unspecified atom stereocenters. The summed E-state index contributed by atoms with van der Waals surface area (Å²) in [6.07, 6.45) is 1.84. The normalized spacial score (nSPS) is 13.1. The summed E-state index contributed by atoms with van der Waals surface area (Å²) in [6, 6.07) is 3.98. The van der Waals surface area contributed by atoms with Crippen LogP contribution in [0, 0.1) is 6.92 Å². The predicted molar refractivity (Wildman–Crippen MR) is 82.8 cm³/mol. The summed E-state index contributed by atoms with van der Waals surface area (Å²) in [5, 5.41) is 7.76. The molecule has 2 heterocycles. The van der Waals surface area contributed by atoms with E-state index < -0.39 is 0 Å². The molecule has 0 aliphatic carbocycles. The van der Waals surface area contributed by atoms with E-state index in [1.54, 1.807) is 0 Å². The van der Waals surface area contributed by atoms with Gasteiger partial charge in [0.05, 0.1) is 22.9 Å². The van der Waals surface area contributed by atoms with Gasteiger partial charge in [-0.15, -0.1) is 0 Å². The zero-order chi connectivity index (χ0) is 14.7. The number of nitrogens with zero attached hydrogens (tertiary/aromatic N) is 3. The van der Waals surface area contributed by atoms with Gasteiger partial charge in [-0.25, -0.2) is 0 Å². The average molecular weight is 341 g/mol. The van der Waals surface area contributed by atoms with Crippen molar-refractivity contribution < 1.29 is 4.42 Å². The Kier molecular flexibility index (Phi) is 5.01. The molecule has 5 nitrogen and oxygen atoms in total. The molecule has 0 aliphatic rings. The third kappa shape index (κ3) is 3.31. The fourth-order valence-corrected chi connectivity index (χ4v) is 2.68. The van der Waals surface area contributed by atoms with Crippen LogP contribution in [0.4, 0.5) is 0 Å². The number of likely N-dealkylation sites (N-methyl/N-ethyl adjacent to an activating group) is 1. The number of rotatable bonds is 6. The van der Waals surface area contributed by atoms with Crippen LogP contribution in [0.3, 0.4) is 0 Å². The smallest absolute Gasteiger partial charge is 0.127 e. The summed E-state index contributed by atoms with van der Waals surface area (Å²) >= 11 is 3.59. The lowest BCUT2D eigenvalue weighted by molar-refractivity contribution is 0.360. The number of furan rings is 1. The molecule has 110 valence electrons. The molecule has 2 rings (SSSR count). The minimum absolute atomic E-state index is 0.0114. The maximum atomic E-state index is 5.76. The van der Waals surface area contributed by atoms with Crippen molar-refractivity contribution in [2.45, 2.75) is 19.5 Å². The highest BCUT2D eigenvalue weighted by molar-refractivity contribution is 9.10. The first-order valence-electron chi connectivity index (χ1n) is 6.62. The zero-order valence-electron chi connectivity index (χ0n) is 12.4. The molecule has 0 bridgehead atoms. The third-order valence-corrected chi connectivity index (χ3v) is 3.81. The molecule has 0 spiro atoms. The number of aromatic nitrogens is 2. The van der Waals surface area contributed by atoms with Crippen LogP contribution in [0.5, 0.6) is 0 Å². The van der Waals surface area contributed by atoms with Gasteiger partial charge in [0.1, 0.15) is 17.6 Å². The third-order valence-electron chi connectivity index (χ3n) is 3.20. The van der Waals surface area contributed by atoms with Crippen molar-refractivity contribution >= 4 is 15.9 Å². The van der Waals surface area contributed by atoms with Crippen molar-refractivity contribution in [3.63, 3.8) is 0 Å². The van der Waals surface area contributed by atoms with Gasteiger partial charge in [-0.3, -0.25) is 4.68 Å². The number of halogens is 1. The van der Waals surface area contributed by atoms with Gasteiger partial charge in [-0.05, 0) is 56.1 Å². The van der Waals surface area contributed by atoms with Gasteiger partial charge < -0.3 is 14.6 Å². The molecular weight excluding hydrogens is 320 g/mol. The Morgan fingerprint density at radius 3 is 2.75 bits per heavy atom.